The number of nitrogens with zero attached hydrogens (tertiary/aromatic N) is 1. The van der Waals surface area contributed by atoms with Gasteiger partial charge in [-0.15, -0.1) is 0 Å². The zero-order valence-electron chi connectivity index (χ0n) is 10.1. The maximum absolute atomic E-state index is 11.0. The molecule has 0 aromatic heterocycles. The molecule has 0 saturated carbocycles. The molecule has 16 heavy (non-hydrogen) atoms. The highest BCUT2D eigenvalue weighted by Gasteiger charge is 2.19. The predicted octanol–water partition coefficient (Wildman–Crippen LogP) is 1.81. The molecule has 1 aromatic rings. The second-order valence-electron chi connectivity index (χ2n) is 4.19. The SMILES string of the molecule is CCc1ccc(C[C@@H](C(=O)O)N(C)C)cc1. The van der Waals surface area contributed by atoms with Gasteiger partial charge in [0.1, 0.15) is 6.04 Å². The number of hydrogen-bond acceptors (Lipinski definition) is 2. The van der Waals surface area contributed by atoms with Crippen molar-refractivity contribution < 1.29 is 9.90 Å². The van der Waals surface area contributed by atoms with E-state index >= 15 is 0 Å². The molecule has 1 atom stereocenters. The summed E-state index contributed by atoms with van der Waals surface area (Å²) < 4.78 is 0. The summed E-state index contributed by atoms with van der Waals surface area (Å²) in [5.74, 6) is -0.774. The third kappa shape index (κ3) is 3.35. The Bertz CT molecular complexity index is 343. The average Bonchev–Trinajstić information content (AvgIpc) is 2.25. The van der Waals surface area contributed by atoms with E-state index in [2.05, 4.69) is 19.1 Å². The minimum Gasteiger partial charge on any atom is -0.480 e. The average molecular weight is 221 g/mol. The number of carboxylic acids is 1. The molecular formula is C13H19NO2. The smallest absolute Gasteiger partial charge is 0.321 e. The van der Waals surface area contributed by atoms with Gasteiger partial charge in [0.15, 0.2) is 0 Å². The van der Waals surface area contributed by atoms with Crippen molar-refractivity contribution in [2.24, 2.45) is 0 Å². The van der Waals surface area contributed by atoms with E-state index in [1.165, 1.54) is 5.56 Å². The Morgan fingerprint density at radius 3 is 2.12 bits per heavy atom. The second-order valence-corrected chi connectivity index (χ2v) is 4.19. The van der Waals surface area contributed by atoms with Gasteiger partial charge < -0.3 is 5.11 Å². The van der Waals surface area contributed by atoms with Crippen molar-refractivity contribution in [2.45, 2.75) is 25.8 Å². The van der Waals surface area contributed by atoms with Crippen molar-refractivity contribution in [3.05, 3.63) is 35.4 Å². The Morgan fingerprint density at radius 2 is 1.75 bits per heavy atom. The predicted molar refractivity (Wildman–Crippen MR) is 64.6 cm³/mol. The third-order valence-electron chi connectivity index (χ3n) is 2.77. The Kier molecular flexibility index (Phi) is 4.50. The highest BCUT2D eigenvalue weighted by Crippen LogP contribution is 2.09. The van der Waals surface area contributed by atoms with Crippen molar-refractivity contribution in [3.63, 3.8) is 0 Å². The van der Waals surface area contributed by atoms with E-state index in [9.17, 15) is 4.79 Å². The molecule has 0 aliphatic carbocycles. The van der Waals surface area contributed by atoms with Crippen LogP contribution in [0.1, 0.15) is 18.1 Å². The molecule has 0 heterocycles. The minimum absolute atomic E-state index is 0.451. The molecule has 0 saturated heterocycles. The zero-order chi connectivity index (χ0) is 12.1. The topological polar surface area (TPSA) is 40.5 Å². The number of likely N-dealkylation sites (N-methyl/N-ethyl adjacent to an activating group) is 1. The molecule has 1 aromatic carbocycles. The number of carboxylic acid groups (broad SMARTS) is 1. The number of aryl methyl sites for hydroxylation is 1. The van der Waals surface area contributed by atoms with Crippen LogP contribution in [0.2, 0.25) is 0 Å². The third-order valence-corrected chi connectivity index (χ3v) is 2.77. The fourth-order valence-corrected chi connectivity index (χ4v) is 1.63. The normalized spacial score (nSPS) is 12.8. The van der Waals surface area contributed by atoms with E-state index in [-0.39, 0.29) is 0 Å². The maximum atomic E-state index is 11.0. The summed E-state index contributed by atoms with van der Waals surface area (Å²) in [4.78, 5) is 12.8. The summed E-state index contributed by atoms with van der Waals surface area (Å²) in [7, 11) is 3.58. The van der Waals surface area contributed by atoms with Crippen LogP contribution in [0.4, 0.5) is 0 Å². The highest BCUT2D eigenvalue weighted by atomic mass is 16.4. The molecule has 0 radical (unpaired) electrons. The number of carbonyl (C=O) groups is 1. The standard InChI is InChI=1S/C13H19NO2/c1-4-10-5-7-11(8-6-10)9-12(13(15)16)14(2)3/h5-8,12H,4,9H2,1-3H3,(H,15,16)/t12-/m0/s1. The molecule has 3 heteroatoms. The van der Waals surface area contributed by atoms with Crippen LogP contribution in [0.25, 0.3) is 0 Å². The molecule has 0 bridgehead atoms. The highest BCUT2D eigenvalue weighted by molar-refractivity contribution is 5.73. The zero-order valence-corrected chi connectivity index (χ0v) is 10.1. The van der Waals surface area contributed by atoms with Crippen LogP contribution in [0.15, 0.2) is 24.3 Å². The summed E-state index contributed by atoms with van der Waals surface area (Å²) >= 11 is 0. The summed E-state index contributed by atoms with van der Waals surface area (Å²) in [5.41, 5.74) is 2.35. The fraction of sp³-hybridized carbons (Fsp3) is 0.462. The van der Waals surface area contributed by atoms with Crippen molar-refractivity contribution in [3.8, 4) is 0 Å². The quantitative estimate of drug-likeness (QED) is 0.824. The molecular weight excluding hydrogens is 202 g/mol. The first-order valence-corrected chi connectivity index (χ1v) is 5.51. The van der Waals surface area contributed by atoms with Crippen LogP contribution >= 0.6 is 0 Å². The largest absolute Gasteiger partial charge is 0.480 e. The van der Waals surface area contributed by atoms with Gasteiger partial charge in [0.25, 0.3) is 0 Å². The Morgan fingerprint density at radius 1 is 1.25 bits per heavy atom. The lowest BCUT2D eigenvalue weighted by Crippen LogP contribution is -2.37. The molecule has 0 spiro atoms. The van der Waals surface area contributed by atoms with Crippen molar-refractivity contribution in [2.75, 3.05) is 14.1 Å². The Labute approximate surface area is 96.7 Å². The van der Waals surface area contributed by atoms with E-state index in [0.29, 0.717) is 6.42 Å². The van der Waals surface area contributed by atoms with E-state index in [4.69, 9.17) is 5.11 Å². The first kappa shape index (κ1) is 12.7. The van der Waals surface area contributed by atoms with E-state index < -0.39 is 12.0 Å². The monoisotopic (exact) mass is 221 g/mol. The van der Waals surface area contributed by atoms with Crippen molar-refractivity contribution in [1.82, 2.24) is 4.90 Å². The molecule has 1 rings (SSSR count). The van der Waals surface area contributed by atoms with E-state index in [1.807, 2.05) is 12.1 Å². The number of benzene rings is 1. The van der Waals surface area contributed by atoms with Crippen LogP contribution in [-0.2, 0) is 17.6 Å². The van der Waals surface area contributed by atoms with Gasteiger partial charge in [0.2, 0.25) is 0 Å². The van der Waals surface area contributed by atoms with Gasteiger partial charge in [-0.3, -0.25) is 9.69 Å². The minimum atomic E-state index is -0.774. The lowest BCUT2D eigenvalue weighted by Gasteiger charge is -2.19. The molecule has 88 valence electrons. The number of aliphatic carboxylic acids is 1. The molecule has 0 aliphatic heterocycles. The summed E-state index contributed by atoms with van der Waals surface area (Å²) in [5, 5.41) is 9.06. The first-order chi connectivity index (χ1) is 7.54. The first-order valence-electron chi connectivity index (χ1n) is 5.51. The van der Waals surface area contributed by atoms with Crippen LogP contribution in [-0.4, -0.2) is 36.1 Å². The van der Waals surface area contributed by atoms with E-state index in [0.717, 1.165) is 12.0 Å². The summed E-state index contributed by atoms with van der Waals surface area (Å²) in [6.07, 6.45) is 1.56. The molecule has 0 amide bonds. The lowest BCUT2D eigenvalue weighted by atomic mass is 10.0. The summed E-state index contributed by atoms with van der Waals surface area (Å²) in [6, 6.07) is 7.69. The van der Waals surface area contributed by atoms with Gasteiger partial charge in [-0.25, -0.2) is 0 Å². The fourth-order valence-electron chi connectivity index (χ4n) is 1.63. The van der Waals surface area contributed by atoms with Gasteiger partial charge in [0, 0.05) is 0 Å². The van der Waals surface area contributed by atoms with Crippen molar-refractivity contribution >= 4 is 5.97 Å². The van der Waals surface area contributed by atoms with E-state index in [1.54, 1.807) is 19.0 Å². The maximum Gasteiger partial charge on any atom is 0.321 e. The van der Waals surface area contributed by atoms with Gasteiger partial charge in [0.05, 0.1) is 0 Å². The van der Waals surface area contributed by atoms with Crippen LogP contribution in [0.5, 0.6) is 0 Å². The summed E-state index contributed by atoms with van der Waals surface area (Å²) in [6.45, 7) is 2.11. The number of hydrogen-bond donors (Lipinski definition) is 1. The van der Waals surface area contributed by atoms with Gasteiger partial charge in [-0.2, -0.15) is 0 Å². The van der Waals surface area contributed by atoms with Crippen LogP contribution < -0.4 is 0 Å². The Hall–Kier alpha value is -1.35. The molecule has 0 fully saturated rings. The molecule has 3 nitrogen and oxygen atoms in total. The molecule has 0 unspecified atom stereocenters. The van der Waals surface area contributed by atoms with Crippen LogP contribution in [0.3, 0.4) is 0 Å². The van der Waals surface area contributed by atoms with Gasteiger partial charge in [-0.1, -0.05) is 31.2 Å². The molecule has 0 aliphatic rings. The van der Waals surface area contributed by atoms with Crippen LogP contribution in [0, 0.1) is 0 Å². The molecule has 1 N–H and O–H groups in total. The van der Waals surface area contributed by atoms with Gasteiger partial charge >= 0.3 is 5.97 Å². The lowest BCUT2D eigenvalue weighted by molar-refractivity contribution is -0.142. The number of rotatable bonds is 5. The Balaban J connectivity index is 2.74. The van der Waals surface area contributed by atoms with Crippen molar-refractivity contribution in [1.29, 1.82) is 0 Å². The van der Waals surface area contributed by atoms with Gasteiger partial charge in [-0.05, 0) is 38.1 Å². The second kappa shape index (κ2) is 5.66.